The van der Waals surface area contributed by atoms with Gasteiger partial charge in [-0.05, 0) is 44.1 Å². The van der Waals surface area contributed by atoms with Crippen LogP contribution in [0.2, 0.25) is 0 Å². The molecule has 2 N–H and O–H groups in total. The average molecular weight is 408 g/mol. The summed E-state index contributed by atoms with van der Waals surface area (Å²) in [6.45, 7) is 6.26. The summed E-state index contributed by atoms with van der Waals surface area (Å²) >= 11 is 0. The van der Waals surface area contributed by atoms with Crippen molar-refractivity contribution in [2.45, 2.75) is 32.0 Å². The Morgan fingerprint density at radius 1 is 1.14 bits per heavy atom. The summed E-state index contributed by atoms with van der Waals surface area (Å²) in [5.41, 5.74) is 2.52. The van der Waals surface area contributed by atoms with E-state index in [2.05, 4.69) is 56.7 Å². The van der Waals surface area contributed by atoms with Gasteiger partial charge in [0.1, 0.15) is 0 Å². The molecule has 0 saturated carbocycles. The van der Waals surface area contributed by atoms with E-state index in [0.29, 0.717) is 18.9 Å². The van der Waals surface area contributed by atoms with Crippen LogP contribution in [0.15, 0.2) is 29.3 Å². The summed E-state index contributed by atoms with van der Waals surface area (Å²) in [5, 5.41) is 6.50. The SMILES string of the molecule is CN=C(NCc1ccc(CN2CCCN(C)CC2)cc1)NC1CCS(=O)(=O)C1. The molecule has 7 nitrogen and oxygen atoms in total. The number of guanidine groups is 1. The molecule has 8 heteroatoms. The molecule has 1 atom stereocenters. The van der Waals surface area contributed by atoms with Crippen molar-refractivity contribution in [3.05, 3.63) is 35.4 Å². The van der Waals surface area contributed by atoms with Crippen LogP contribution in [0.4, 0.5) is 0 Å². The fraction of sp³-hybridized carbons (Fsp3) is 0.650. The standard InChI is InChI=1S/C20H33N5O2S/c1-21-20(23-19-8-13-28(26,27)16-19)22-14-17-4-6-18(7-5-17)15-25-10-3-9-24(2)11-12-25/h4-7,19H,3,8-16H2,1-2H3,(H2,21,22,23). The van der Waals surface area contributed by atoms with Gasteiger partial charge in [0.25, 0.3) is 0 Å². The van der Waals surface area contributed by atoms with Gasteiger partial charge in [-0.15, -0.1) is 0 Å². The molecule has 0 aromatic heterocycles. The predicted octanol–water partition coefficient (Wildman–Crippen LogP) is 0.676. The van der Waals surface area contributed by atoms with E-state index in [1.165, 1.54) is 24.1 Å². The second-order valence-electron chi connectivity index (χ2n) is 7.92. The molecule has 0 bridgehead atoms. The van der Waals surface area contributed by atoms with Crippen molar-refractivity contribution in [1.82, 2.24) is 20.4 Å². The Morgan fingerprint density at radius 3 is 2.57 bits per heavy atom. The first kappa shape index (κ1) is 21.1. The molecule has 0 amide bonds. The monoisotopic (exact) mass is 407 g/mol. The van der Waals surface area contributed by atoms with Crippen molar-refractivity contribution < 1.29 is 8.42 Å². The lowest BCUT2D eigenvalue weighted by Crippen LogP contribution is -2.43. The lowest BCUT2D eigenvalue weighted by atomic mass is 10.1. The molecule has 3 rings (SSSR count). The van der Waals surface area contributed by atoms with Gasteiger partial charge >= 0.3 is 0 Å². The zero-order valence-electron chi connectivity index (χ0n) is 17.0. The fourth-order valence-corrected chi connectivity index (χ4v) is 5.43. The minimum absolute atomic E-state index is 0.0498. The molecular weight excluding hydrogens is 374 g/mol. The number of rotatable bonds is 5. The van der Waals surface area contributed by atoms with Crippen LogP contribution in [0.1, 0.15) is 24.0 Å². The van der Waals surface area contributed by atoms with Crippen LogP contribution >= 0.6 is 0 Å². The molecular formula is C20H33N5O2S. The maximum Gasteiger partial charge on any atom is 0.191 e. The van der Waals surface area contributed by atoms with Gasteiger partial charge in [0.2, 0.25) is 0 Å². The number of sulfone groups is 1. The highest BCUT2D eigenvalue weighted by molar-refractivity contribution is 7.91. The Labute approximate surface area is 169 Å². The minimum atomic E-state index is -2.89. The van der Waals surface area contributed by atoms with Gasteiger partial charge in [-0.2, -0.15) is 0 Å². The highest BCUT2D eigenvalue weighted by Crippen LogP contribution is 2.12. The number of hydrogen-bond donors (Lipinski definition) is 2. The molecule has 0 radical (unpaired) electrons. The largest absolute Gasteiger partial charge is 0.353 e. The van der Waals surface area contributed by atoms with Gasteiger partial charge in [0.15, 0.2) is 15.8 Å². The molecule has 2 saturated heterocycles. The van der Waals surface area contributed by atoms with Crippen LogP contribution in [0.25, 0.3) is 0 Å². The first-order valence-corrected chi connectivity index (χ1v) is 11.9. The molecule has 2 heterocycles. The third kappa shape index (κ3) is 6.46. The maximum atomic E-state index is 11.6. The average Bonchev–Trinajstić information content (AvgIpc) is 2.88. The number of hydrogen-bond acceptors (Lipinski definition) is 5. The maximum absolute atomic E-state index is 11.6. The summed E-state index contributed by atoms with van der Waals surface area (Å²) in [6.07, 6.45) is 1.87. The van der Waals surface area contributed by atoms with E-state index in [-0.39, 0.29) is 17.5 Å². The number of aliphatic imine (C=N–C) groups is 1. The Hall–Kier alpha value is -1.64. The molecule has 1 aromatic carbocycles. The summed E-state index contributed by atoms with van der Waals surface area (Å²) < 4.78 is 23.2. The number of nitrogens with one attached hydrogen (secondary N) is 2. The van der Waals surface area contributed by atoms with E-state index in [9.17, 15) is 8.42 Å². The summed E-state index contributed by atoms with van der Waals surface area (Å²) in [5.74, 6) is 1.10. The molecule has 2 aliphatic heterocycles. The minimum Gasteiger partial charge on any atom is -0.353 e. The molecule has 0 aliphatic carbocycles. The molecule has 2 fully saturated rings. The van der Waals surface area contributed by atoms with Crippen LogP contribution in [0.5, 0.6) is 0 Å². The highest BCUT2D eigenvalue weighted by atomic mass is 32.2. The highest BCUT2D eigenvalue weighted by Gasteiger charge is 2.28. The van der Waals surface area contributed by atoms with Crippen LogP contribution in [-0.4, -0.2) is 82.0 Å². The molecule has 28 heavy (non-hydrogen) atoms. The zero-order valence-corrected chi connectivity index (χ0v) is 17.8. The molecule has 2 aliphatic rings. The summed E-state index contributed by atoms with van der Waals surface area (Å²) in [6, 6.07) is 8.65. The third-order valence-corrected chi connectivity index (χ3v) is 7.27. The Morgan fingerprint density at radius 2 is 1.89 bits per heavy atom. The number of nitrogens with zero attached hydrogens (tertiary/aromatic N) is 3. The first-order valence-electron chi connectivity index (χ1n) is 10.1. The van der Waals surface area contributed by atoms with Crippen molar-refractivity contribution in [3.63, 3.8) is 0 Å². The van der Waals surface area contributed by atoms with Crippen molar-refractivity contribution in [1.29, 1.82) is 0 Å². The number of likely N-dealkylation sites (N-methyl/N-ethyl adjacent to an activating group) is 1. The zero-order chi connectivity index (χ0) is 20.0. The quantitative estimate of drug-likeness (QED) is 0.552. The second kappa shape index (κ2) is 9.71. The van der Waals surface area contributed by atoms with Gasteiger partial charge < -0.3 is 15.5 Å². The van der Waals surface area contributed by atoms with Crippen molar-refractivity contribution in [2.75, 3.05) is 51.8 Å². The smallest absolute Gasteiger partial charge is 0.191 e. The molecule has 156 valence electrons. The molecule has 0 spiro atoms. The van der Waals surface area contributed by atoms with Gasteiger partial charge in [0, 0.05) is 39.3 Å². The molecule has 1 unspecified atom stereocenters. The first-order chi connectivity index (χ1) is 13.4. The van der Waals surface area contributed by atoms with E-state index < -0.39 is 9.84 Å². The van der Waals surface area contributed by atoms with E-state index in [0.717, 1.165) is 26.2 Å². The van der Waals surface area contributed by atoms with Crippen LogP contribution in [-0.2, 0) is 22.9 Å². The van der Waals surface area contributed by atoms with Gasteiger partial charge in [-0.1, -0.05) is 24.3 Å². The van der Waals surface area contributed by atoms with Crippen LogP contribution in [0, 0.1) is 0 Å². The van der Waals surface area contributed by atoms with E-state index >= 15 is 0 Å². The summed E-state index contributed by atoms with van der Waals surface area (Å²) in [4.78, 5) is 9.14. The second-order valence-corrected chi connectivity index (χ2v) is 10.1. The predicted molar refractivity (Wildman–Crippen MR) is 114 cm³/mol. The summed E-state index contributed by atoms with van der Waals surface area (Å²) in [7, 11) is 1.01. The van der Waals surface area contributed by atoms with Gasteiger partial charge in [0.05, 0.1) is 11.5 Å². The molecule has 1 aromatic rings. The van der Waals surface area contributed by atoms with Crippen LogP contribution < -0.4 is 10.6 Å². The lowest BCUT2D eigenvalue weighted by molar-refractivity contribution is 0.269. The van der Waals surface area contributed by atoms with Crippen molar-refractivity contribution in [2.24, 2.45) is 4.99 Å². The normalized spacial score (nSPS) is 24.1. The van der Waals surface area contributed by atoms with E-state index in [1.807, 2.05) is 0 Å². The Kier molecular flexibility index (Phi) is 7.31. The fourth-order valence-electron chi connectivity index (χ4n) is 3.76. The van der Waals surface area contributed by atoms with E-state index in [4.69, 9.17) is 0 Å². The van der Waals surface area contributed by atoms with E-state index in [1.54, 1.807) is 7.05 Å². The Balaban J connectivity index is 1.45. The third-order valence-electron chi connectivity index (χ3n) is 5.50. The van der Waals surface area contributed by atoms with Crippen LogP contribution in [0.3, 0.4) is 0 Å². The van der Waals surface area contributed by atoms with Crippen molar-refractivity contribution in [3.8, 4) is 0 Å². The van der Waals surface area contributed by atoms with Crippen molar-refractivity contribution >= 4 is 15.8 Å². The van der Waals surface area contributed by atoms with Gasteiger partial charge in [-0.25, -0.2) is 8.42 Å². The Bertz CT molecular complexity index is 763. The topological polar surface area (TPSA) is 77.0 Å². The lowest BCUT2D eigenvalue weighted by Gasteiger charge is -2.20. The number of benzene rings is 1. The van der Waals surface area contributed by atoms with Gasteiger partial charge in [-0.3, -0.25) is 9.89 Å².